The number of nitrogens with zero attached hydrogens (tertiary/aromatic N) is 1. The number of hydrogen-bond acceptors (Lipinski definition) is 3. The summed E-state index contributed by atoms with van der Waals surface area (Å²) in [4.78, 5) is 5.66. The van der Waals surface area contributed by atoms with Gasteiger partial charge in [-0.2, -0.15) is 0 Å². The van der Waals surface area contributed by atoms with Crippen molar-refractivity contribution in [1.29, 1.82) is 0 Å². The summed E-state index contributed by atoms with van der Waals surface area (Å²) in [7, 11) is 0. The lowest BCUT2D eigenvalue weighted by Crippen LogP contribution is -2.24. The molecular formula is C15H18Cl2N2S. The van der Waals surface area contributed by atoms with E-state index in [0.717, 1.165) is 17.0 Å². The zero-order valence-electron chi connectivity index (χ0n) is 11.8. The van der Waals surface area contributed by atoms with Gasteiger partial charge in [0.2, 0.25) is 0 Å². The molecule has 0 fully saturated rings. The summed E-state index contributed by atoms with van der Waals surface area (Å²) in [6.45, 7) is 6.34. The van der Waals surface area contributed by atoms with Crippen LogP contribution in [0.4, 0.5) is 0 Å². The first kappa shape index (κ1) is 15.8. The average Bonchev–Trinajstić information content (AvgIpc) is 2.83. The van der Waals surface area contributed by atoms with Crippen molar-refractivity contribution in [3.8, 4) is 0 Å². The van der Waals surface area contributed by atoms with Crippen LogP contribution in [-0.4, -0.2) is 4.98 Å². The van der Waals surface area contributed by atoms with Crippen LogP contribution >= 0.6 is 34.5 Å². The van der Waals surface area contributed by atoms with Gasteiger partial charge < -0.3 is 5.32 Å². The van der Waals surface area contributed by atoms with Gasteiger partial charge in [-0.1, -0.05) is 36.2 Å². The van der Waals surface area contributed by atoms with Gasteiger partial charge in [-0.25, -0.2) is 4.98 Å². The molecule has 1 N–H and O–H groups in total. The molecule has 1 aromatic heterocycles. The number of nitrogens with one attached hydrogen (secondary N) is 1. The van der Waals surface area contributed by atoms with Crippen LogP contribution in [0.15, 0.2) is 24.4 Å². The molecule has 2 rings (SSSR count). The minimum absolute atomic E-state index is 0.193. The Kier molecular flexibility index (Phi) is 5.44. The van der Waals surface area contributed by atoms with Crippen LogP contribution in [0.25, 0.3) is 0 Å². The van der Waals surface area contributed by atoms with Crippen molar-refractivity contribution >= 4 is 34.5 Å². The van der Waals surface area contributed by atoms with Gasteiger partial charge in [0.05, 0.1) is 6.04 Å². The molecule has 2 aromatic rings. The average molecular weight is 329 g/mol. The van der Waals surface area contributed by atoms with Crippen LogP contribution in [0.3, 0.4) is 0 Å². The summed E-state index contributed by atoms with van der Waals surface area (Å²) in [6.07, 6.45) is 2.87. The van der Waals surface area contributed by atoms with E-state index in [9.17, 15) is 0 Å². The van der Waals surface area contributed by atoms with E-state index in [1.165, 1.54) is 4.88 Å². The van der Waals surface area contributed by atoms with E-state index in [0.29, 0.717) is 10.0 Å². The Labute approximate surface area is 134 Å². The van der Waals surface area contributed by atoms with Crippen LogP contribution in [0.2, 0.25) is 10.0 Å². The predicted molar refractivity (Wildman–Crippen MR) is 87.9 cm³/mol. The van der Waals surface area contributed by atoms with Gasteiger partial charge in [0.1, 0.15) is 5.01 Å². The maximum Gasteiger partial charge on any atom is 0.109 e. The molecule has 20 heavy (non-hydrogen) atoms. The number of benzene rings is 1. The molecule has 108 valence electrons. The van der Waals surface area contributed by atoms with Gasteiger partial charge in [-0.3, -0.25) is 0 Å². The van der Waals surface area contributed by atoms with Gasteiger partial charge in [0.25, 0.3) is 0 Å². The molecule has 0 spiro atoms. The summed E-state index contributed by atoms with van der Waals surface area (Å²) >= 11 is 14.0. The first-order chi connectivity index (χ1) is 9.51. The number of hydrogen-bond donors (Lipinski definition) is 1. The summed E-state index contributed by atoms with van der Waals surface area (Å²) in [5.41, 5.74) is 1.08. The second-order valence-electron chi connectivity index (χ2n) is 4.82. The molecule has 5 heteroatoms. The first-order valence-electron chi connectivity index (χ1n) is 6.64. The van der Waals surface area contributed by atoms with E-state index in [1.807, 2.05) is 18.3 Å². The second kappa shape index (κ2) is 6.90. The highest BCUT2D eigenvalue weighted by Gasteiger charge is 2.18. The molecule has 0 bridgehead atoms. The summed E-state index contributed by atoms with van der Waals surface area (Å²) in [5.74, 6) is 0. The maximum absolute atomic E-state index is 6.30. The monoisotopic (exact) mass is 328 g/mol. The summed E-state index contributed by atoms with van der Waals surface area (Å²) < 4.78 is 0. The number of aryl methyl sites for hydroxylation is 1. The van der Waals surface area contributed by atoms with E-state index in [4.69, 9.17) is 23.2 Å². The molecule has 0 aliphatic heterocycles. The Morgan fingerprint density at radius 1 is 1.35 bits per heavy atom. The molecule has 0 aliphatic carbocycles. The van der Waals surface area contributed by atoms with Crippen LogP contribution in [-0.2, 0) is 0 Å². The molecule has 0 saturated carbocycles. The Morgan fingerprint density at radius 3 is 2.65 bits per heavy atom. The van der Waals surface area contributed by atoms with Crippen molar-refractivity contribution in [3.05, 3.63) is 49.9 Å². The molecule has 2 unspecified atom stereocenters. The molecule has 0 amide bonds. The highest BCUT2D eigenvalue weighted by atomic mass is 35.5. The Balaban J connectivity index is 2.16. The van der Waals surface area contributed by atoms with Crippen molar-refractivity contribution < 1.29 is 0 Å². The molecule has 1 aromatic carbocycles. The zero-order chi connectivity index (χ0) is 14.7. The highest BCUT2D eigenvalue weighted by molar-refractivity contribution is 7.11. The molecule has 1 heterocycles. The van der Waals surface area contributed by atoms with E-state index in [1.54, 1.807) is 17.4 Å². The van der Waals surface area contributed by atoms with Gasteiger partial charge >= 0.3 is 0 Å². The van der Waals surface area contributed by atoms with Crippen LogP contribution < -0.4 is 5.32 Å². The standard InChI is InChI=1S/C15H18Cl2N2S/c1-4-14(12-6-5-11(16)7-13(12)17)19-10(3)15-18-8-9(2)20-15/h5-8,10,14,19H,4H2,1-3H3. The molecule has 0 aliphatic rings. The van der Waals surface area contributed by atoms with Crippen molar-refractivity contribution in [2.75, 3.05) is 0 Å². The molecule has 0 radical (unpaired) electrons. The van der Waals surface area contributed by atoms with Gasteiger partial charge in [-0.15, -0.1) is 11.3 Å². The lowest BCUT2D eigenvalue weighted by atomic mass is 10.0. The van der Waals surface area contributed by atoms with Crippen LogP contribution in [0.5, 0.6) is 0 Å². The van der Waals surface area contributed by atoms with Crippen molar-refractivity contribution in [1.82, 2.24) is 10.3 Å². The largest absolute Gasteiger partial charge is 0.301 e. The Hall–Kier alpha value is -0.610. The van der Waals surface area contributed by atoms with E-state index >= 15 is 0 Å². The van der Waals surface area contributed by atoms with E-state index in [-0.39, 0.29) is 12.1 Å². The normalized spacial score (nSPS) is 14.2. The number of rotatable bonds is 5. The predicted octanol–water partition coefficient (Wildman–Crippen LogP) is 5.56. The molecular weight excluding hydrogens is 311 g/mol. The van der Waals surface area contributed by atoms with Crippen molar-refractivity contribution in [2.45, 2.75) is 39.3 Å². The number of thiazole rings is 1. The quantitative estimate of drug-likeness (QED) is 0.777. The van der Waals surface area contributed by atoms with Gasteiger partial charge in [0.15, 0.2) is 0 Å². The fraction of sp³-hybridized carbons (Fsp3) is 0.400. The topological polar surface area (TPSA) is 24.9 Å². The van der Waals surface area contributed by atoms with Crippen LogP contribution in [0, 0.1) is 6.92 Å². The number of halogens is 2. The molecule has 2 nitrogen and oxygen atoms in total. The van der Waals surface area contributed by atoms with Crippen LogP contribution in [0.1, 0.15) is 47.8 Å². The van der Waals surface area contributed by atoms with E-state index in [2.05, 4.69) is 31.1 Å². The fourth-order valence-corrected chi connectivity index (χ4v) is 3.48. The Bertz CT molecular complexity index is 583. The fourth-order valence-electron chi connectivity index (χ4n) is 2.16. The first-order valence-corrected chi connectivity index (χ1v) is 8.21. The maximum atomic E-state index is 6.30. The van der Waals surface area contributed by atoms with Gasteiger partial charge in [0, 0.05) is 27.2 Å². The minimum Gasteiger partial charge on any atom is -0.301 e. The lowest BCUT2D eigenvalue weighted by Gasteiger charge is -2.22. The smallest absolute Gasteiger partial charge is 0.109 e. The number of aromatic nitrogens is 1. The van der Waals surface area contributed by atoms with Gasteiger partial charge in [-0.05, 0) is 38.0 Å². The zero-order valence-corrected chi connectivity index (χ0v) is 14.1. The third-order valence-electron chi connectivity index (χ3n) is 3.21. The highest BCUT2D eigenvalue weighted by Crippen LogP contribution is 2.30. The van der Waals surface area contributed by atoms with Crippen molar-refractivity contribution in [3.63, 3.8) is 0 Å². The Morgan fingerprint density at radius 2 is 2.10 bits per heavy atom. The minimum atomic E-state index is 0.193. The van der Waals surface area contributed by atoms with E-state index < -0.39 is 0 Å². The SMILES string of the molecule is CCC(NC(C)c1ncc(C)s1)c1ccc(Cl)cc1Cl. The lowest BCUT2D eigenvalue weighted by molar-refractivity contribution is 0.455. The molecule has 0 saturated heterocycles. The van der Waals surface area contributed by atoms with Crippen molar-refractivity contribution in [2.24, 2.45) is 0 Å². The summed E-state index contributed by atoms with van der Waals surface area (Å²) in [6, 6.07) is 6.06. The summed E-state index contributed by atoms with van der Waals surface area (Å²) in [5, 5.41) is 6.07. The third kappa shape index (κ3) is 3.73. The third-order valence-corrected chi connectivity index (χ3v) is 4.86. The second-order valence-corrected chi connectivity index (χ2v) is 6.93. The molecule has 2 atom stereocenters.